The van der Waals surface area contributed by atoms with Crippen molar-refractivity contribution >= 4 is 5.65 Å². The van der Waals surface area contributed by atoms with E-state index in [1.807, 2.05) is 13.0 Å². The van der Waals surface area contributed by atoms with Gasteiger partial charge < -0.3 is 5.73 Å². The lowest BCUT2D eigenvalue weighted by Gasteiger charge is -2.08. The van der Waals surface area contributed by atoms with Crippen molar-refractivity contribution in [2.45, 2.75) is 46.0 Å². The van der Waals surface area contributed by atoms with E-state index in [0.717, 1.165) is 24.2 Å². The molecule has 0 aliphatic rings. The average molecular weight is 262 g/mol. The third-order valence-corrected chi connectivity index (χ3v) is 3.75. The van der Waals surface area contributed by atoms with E-state index in [1.165, 1.54) is 0 Å². The lowest BCUT2D eigenvalue weighted by atomic mass is 10.00. The first-order chi connectivity index (χ1) is 9.12. The molecule has 0 fully saturated rings. The van der Waals surface area contributed by atoms with Gasteiger partial charge in [-0.3, -0.25) is 9.89 Å². The largest absolute Gasteiger partial charge is 0.330 e. The first-order valence-corrected chi connectivity index (χ1v) is 6.93. The van der Waals surface area contributed by atoms with Crippen LogP contribution in [0.4, 0.5) is 0 Å². The quantitative estimate of drug-likeness (QED) is 0.861. The highest BCUT2D eigenvalue weighted by molar-refractivity contribution is 5.42. The average Bonchev–Trinajstić information content (AvgIpc) is 2.80. The second-order valence-electron chi connectivity index (χ2n) is 4.94. The molecule has 5 heteroatoms. The maximum Gasteiger partial charge on any atom is 0.276 e. The third kappa shape index (κ3) is 2.42. The Kier molecular flexibility index (Phi) is 4.04. The Morgan fingerprint density at radius 1 is 1.42 bits per heavy atom. The van der Waals surface area contributed by atoms with Crippen molar-refractivity contribution in [1.82, 2.24) is 14.6 Å². The first kappa shape index (κ1) is 13.8. The van der Waals surface area contributed by atoms with Gasteiger partial charge in [0.25, 0.3) is 5.56 Å². The smallest absolute Gasteiger partial charge is 0.276 e. The molecule has 2 rings (SSSR count). The maximum absolute atomic E-state index is 12.4. The maximum atomic E-state index is 12.4. The van der Waals surface area contributed by atoms with Crippen LogP contribution in [0.2, 0.25) is 0 Å². The topological polar surface area (TPSA) is 76.2 Å². The van der Waals surface area contributed by atoms with Crippen LogP contribution in [0, 0.1) is 6.92 Å². The van der Waals surface area contributed by atoms with Gasteiger partial charge >= 0.3 is 0 Å². The number of nitrogens with two attached hydrogens (primary N) is 1. The summed E-state index contributed by atoms with van der Waals surface area (Å²) >= 11 is 0. The van der Waals surface area contributed by atoms with Crippen molar-refractivity contribution in [3.8, 4) is 0 Å². The van der Waals surface area contributed by atoms with Crippen molar-refractivity contribution in [2.24, 2.45) is 5.73 Å². The van der Waals surface area contributed by atoms with E-state index < -0.39 is 0 Å². The highest BCUT2D eigenvalue weighted by Crippen LogP contribution is 2.22. The highest BCUT2D eigenvalue weighted by Gasteiger charge is 2.14. The van der Waals surface area contributed by atoms with Gasteiger partial charge in [0.1, 0.15) is 0 Å². The lowest BCUT2D eigenvalue weighted by molar-refractivity contribution is 0.614. The van der Waals surface area contributed by atoms with Crippen LogP contribution in [0.1, 0.15) is 49.6 Å². The van der Waals surface area contributed by atoms with Crippen LogP contribution in [-0.2, 0) is 6.42 Å². The number of fused-ring (bicyclic) bond motifs is 1. The standard InChI is InChI=1S/C14H22N4O/c1-4-10(5-2)12-8-13-16-9(3)11(6-7-15)14(19)18(13)17-12/h8,10,17H,4-7,15H2,1-3H3. The molecule has 2 aromatic rings. The van der Waals surface area contributed by atoms with E-state index in [1.54, 1.807) is 4.52 Å². The molecule has 3 N–H and O–H groups in total. The summed E-state index contributed by atoms with van der Waals surface area (Å²) in [6.07, 6.45) is 2.67. The molecule has 104 valence electrons. The summed E-state index contributed by atoms with van der Waals surface area (Å²) in [4.78, 5) is 16.9. The summed E-state index contributed by atoms with van der Waals surface area (Å²) < 4.78 is 1.55. The molecule has 0 aromatic carbocycles. The Labute approximate surface area is 112 Å². The van der Waals surface area contributed by atoms with Gasteiger partial charge in [0.15, 0.2) is 5.65 Å². The number of aromatic nitrogens is 3. The zero-order chi connectivity index (χ0) is 14.0. The molecular formula is C14H22N4O. The molecule has 19 heavy (non-hydrogen) atoms. The van der Waals surface area contributed by atoms with Gasteiger partial charge in [0.2, 0.25) is 0 Å². The molecule has 0 unspecified atom stereocenters. The molecule has 2 heterocycles. The zero-order valence-electron chi connectivity index (χ0n) is 11.9. The molecular weight excluding hydrogens is 240 g/mol. The molecule has 0 atom stereocenters. The van der Waals surface area contributed by atoms with Crippen LogP contribution in [-0.4, -0.2) is 21.1 Å². The van der Waals surface area contributed by atoms with Gasteiger partial charge in [-0.15, -0.1) is 0 Å². The molecule has 0 spiro atoms. The zero-order valence-corrected chi connectivity index (χ0v) is 11.9. The molecule has 0 bridgehead atoms. The van der Waals surface area contributed by atoms with Crippen LogP contribution < -0.4 is 11.3 Å². The lowest BCUT2D eigenvalue weighted by Crippen LogP contribution is -2.24. The molecule has 0 amide bonds. The summed E-state index contributed by atoms with van der Waals surface area (Å²) in [6, 6.07) is 1.98. The fraction of sp³-hybridized carbons (Fsp3) is 0.571. The molecule has 0 aliphatic heterocycles. The Morgan fingerprint density at radius 2 is 2.11 bits per heavy atom. The van der Waals surface area contributed by atoms with E-state index in [0.29, 0.717) is 30.1 Å². The monoisotopic (exact) mass is 262 g/mol. The van der Waals surface area contributed by atoms with Crippen molar-refractivity contribution in [1.29, 1.82) is 0 Å². The van der Waals surface area contributed by atoms with E-state index in [4.69, 9.17) is 5.73 Å². The molecule has 0 aliphatic carbocycles. The number of nitrogens with zero attached hydrogens (tertiary/aromatic N) is 2. The van der Waals surface area contributed by atoms with Gasteiger partial charge in [0.05, 0.1) is 0 Å². The number of hydrogen-bond donors (Lipinski definition) is 2. The van der Waals surface area contributed by atoms with Crippen LogP contribution in [0.5, 0.6) is 0 Å². The van der Waals surface area contributed by atoms with E-state index in [-0.39, 0.29) is 5.56 Å². The normalized spacial score (nSPS) is 11.6. The fourth-order valence-corrected chi connectivity index (χ4v) is 2.56. The summed E-state index contributed by atoms with van der Waals surface area (Å²) in [5.41, 5.74) is 8.80. The van der Waals surface area contributed by atoms with Gasteiger partial charge in [0, 0.05) is 28.9 Å². The van der Waals surface area contributed by atoms with Gasteiger partial charge in [-0.25, -0.2) is 9.50 Å². The van der Waals surface area contributed by atoms with Crippen LogP contribution >= 0.6 is 0 Å². The minimum atomic E-state index is -0.0230. The second kappa shape index (κ2) is 5.57. The number of nitrogens with one attached hydrogen (secondary N) is 1. The van der Waals surface area contributed by atoms with Gasteiger partial charge in [-0.1, -0.05) is 13.8 Å². The predicted molar refractivity (Wildman–Crippen MR) is 76.6 cm³/mol. The van der Waals surface area contributed by atoms with Crippen molar-refractivity contribution in [3.05, 3.63) is 33.4 Å². The van der Waals surface area contributed by atoms with E-state index >= 15 is 0 Å². The fourth-order valence-electron chi connectivity index (χ4n) is 2.56. The van der Waals surface area contributed by atoms with Crippen molar-refractivity contribution in [3.63, 3.8) is 0 Å². The third-order valence-electron chi connectivity index (χ3n) is 3.75. The van der Waals surface area contributed by atoms with E-state index in [9.17, 15) is 4.79 Å². The van der Waals surface area contributed by atoms with E-state index in [2.05, 4.69) is 23.9 Å². The summed E-state index contributed by atoms with van der Waals surface area (Å²) in [7, 11) is 0. The summed E-state index contributed by atoms with van der Waals surface area (Å²) in [6.45, 7) is 6.64. The minimum Gasteiger partial charge on any atom is -0.330 e. The highest BCUT2D eigenvalue weighted by atomic mass is 16.1. The summed E-state index contributed by atoms with van der Waals surface area (Å²) in [5.74, 6) is 0.444. The number of aryl methyl sites for hydroxylation is 1. The molecule has 0 radical (unpaired) electrons. The number of hydrogen-bond acceptors (Lipinski definition) is 3. The molecule has 5 nitrogen and oxygen atoms in total. The molecule has 0 saturated heterocycles. The van der Waals surface area contributed by atoms with Crippen molar-refractivity contribution in [2.75, 3.05) is 6.54 Å². The van der Waals surface area contributed by atoms with Gasteiger partial charge in [-0.2, -0.15) is 0 Å². The second-order valence-corrected chi connectivity index (χ2v) is 4.94. The SMILES string of the molecule is CCC(CC)c1cc2nc(C)c(CCN)c(=O)n2[nH]1. The Balaban J connectivity index is 2.60. The number of H-pyrrole nitrogens is 1. The van der Waals surface area contributed by atoms with Crippen molar-refractivity contribution < 1.29 is 0 Å². The van der Waals surface area contributed by atoms with Crippen LogP contribution in [0.25, 0.3) is 5.65 Å². The van der Waals surface area contributed by atoms with Crippen LogP contribution in [0.15, 0.2) is 10.9 Å². The molecule has 0 saturated carbocycles. The van der Waals surface area contributed by atoms with Crippen LogP contribution in [0.3, 0.4) is 0 Å². The Morgan fingerprint density at radius 3 is 2.68 bits per heavy atom. The van der Waals surface area contributed by atoms with Gasteiger partial charge in [-0.05, 0) is 32.7 Å². The number of rotatable bonds is 5. The Bertz CT molecular complexity index is 622. The first-order valence-electron chi connectivity index (χ1n) is 6.93. The minimum absolute atomic E-state index is 0.0230. The Hall–Kier alpha value is -1.62. The summed E-state index contributed by atoms with van der Waals surface area (Å²) in [5, 5.41) is 3.19. The predicted octanol–water partition coefficient (Wildman–Crippen LogP) is 1.74. The molecule has 2 aromatic heterocycles. The number of aromatic amines is 1.